The van der Waals surface area contributed by atoms with Gasteiger partial charge in [-0.1, -0.05) is 6.92 Å². The van der Waals surface area contributed by atoms with Crippen LogP contribution in [0.2, 0.25) is 0 Å². The molecule has 1 aliphatic heterocycles. The number of imidazole rings is 1. The van der Waals surface area contributed by atoms with Crippen LogP contribution in [0, 0.1) is 17.2 Å². The second-order valence-corrected chi connectivity index (χ2v) is 5.95. The molecule has 0 bridgehead atoms. The van der Waals surface area contributed by atoms with Crippen molar-refractivity contribution in [1.29, 1.82) is 5.26 Å². The van der Waals surface area contributed by atoms with E-state index in [4.69, 9.17) is 5.26 Å². The van der Waals surface area contributed by atoms with E-state index in [0.29, 0.717) is 18.1 Å². The van der Waals surface area contributed by atoms with Crippen LogP contribution in [-0.2, 0) is 4.79 Å². The summed E-state index contributed by atoms with van der Waals surface area (Å²) in [4.78, 5) is 21.3. The molecule has 7 heteroatoms. The molecule has 1 aliphatic rings. The third kappa shape index (κ3) is 3.01. The maximum Gasteiger partial charge on any atom is 0.156 e. The van der Waals surface area contributed by atoms with E-state index in [9.17, 15) is 4.79 Å². The van der Waals surface area contributed by atoms with Crippen molar-refractivity contribution in [3.05, 3.63) is 30.4 Å². The van der Waals surface area contributed by atoms with Crippen LogP contribution in [0.15, 0.2) is 24.7 Å². The minimum atomic E-state index is 0.0139. The van der Waals surface area contributed by atoms with Crippen LogP contribution >= 0.6 is 0 Å². The minimum absolute atomic E-state index is 0.0139. The number of piperidine rings is 1. The summed E-state index contributed by atoms with van der Waals surface area (Å²) in [5.41, 5.74) is 4.26. The SMILES string of the molecule is C[C@H]1CCNC[C@H]1c1cnc2cnc3[nH]ccc3n12.N#CCC=O. The van der Waals surface area contributed by atoms with Crippen LogP contribution in [0.5, 0.6) is 0 Å². The standard InChI is InChI=1S/C14H17N5.C3H3NO/c1-9-2-4-15-6-10(9)12-7-17-13-8-18-14-11(19(12)13)3-5-16-14;4-2-1-3-5/h3,5,7-10,15-16H,2,4,6H2,1H3;3H,1H2/t9-,10+;/m0./s1. The van der Waals surface area contributed by atoms with E-state index in [0.717, 1.165) is 29.9 Å². The number of nitrogens with one attached hydrogen (secondary N) is 2. The Morgan fingerprint density at radius 1 is 1.46 bits per heavy atom. The highest BCUT2D eigenvalue weighted by molar-refractivity contribution is 5.74. The lowest BCUT2D eigenvalue weighted by molar-refractivity contribution is -0.107. The Labute approximate surface area is 139 Å². The summed E-state index contributed by atoms with van der Waals surface area (Å²) in [6.07, 6.45) is 7.59. The molecule has 0 amide bonds. The lowest BCUT2D eigenvalue weighted by atomic mass is 9.86. The topological polar surface area (TPSA) is 98.9 Å². The fourth-order valence-electron chi connectivity index (χ4n) is 3.18. The molecule has 2 atom stereocenters. The molecular formula is C17H20N6O. The number of nitriles is 1. The average Bonchev–Trinajstić information content (AvgIpc) is 3.22. The number of aromatic amines is 1. The predicted molar refractivity (Wildman–Crippen MR) is 90.5 cm³/mol. The lowest BCUT2D eigenvalue weighted by Gasteiger charge is -2.29. The second kappa shape index (κ2) is 7.23. The summed E-state index contributed by atoms with van der Waals surface area (Å²) >= 11 is 0. The molecule has 3 aromatic rings. The summed E-state index contributed by atoms with van der Waals surface area (Å²) in [5, 5.41) is 11.1. The molecule has 124 valence electrons. The van der Waals surface area contributed by atoms with Crippen LogP contribution in [0.4, 0.5) is 0 Å². The van der Waals surface area contributed by atoms with E-state index in [1.807, 2.05) is 18.6 Å². The van der Waals surface area contributed by atoms with Crippen molar-refractivity contribution in [1.82, 2.24) is 24.7 Å². The van der Waals surface area contributed by atoms with Crippen molar-refractivity contribution in [2.45, 2.75) is 25.7 Å². The molecule has 0 saturated carbocycles. The van der Waals surface area contributed by atoms with Crippen LogP contribution in [0.3, 0.4) is 0 Å². The van der Waals surface area contributed by atoms with Crippen LogP contribution < -0.4 is 5.32 Å². The number of nitrogens with zero attached hydrogens (tertiary/aromatic N) is 4. The zero-order valence-corrected chi connectivity index (χ0v) is 13.6. The van der Waals surface area contributed by atoms with Gasteiger partial charge in [0.15, 0.2) is 11.3 Å². The molecule has 0 spiro atoms. The number of carbonyl (C=O) groups is 1. The lowest BCUT2D eigenvalue weighted by Crippen LogP contribution is -2.34. The zero-order chi connectivity index (χ0) is 16.9. The third-order valence-electron chi connectivity index (χ3n) is 4.45. The molecule has 0 aliphatic carbocycles. The number of fused-ring (bicyclic) bond motifs is 3. The Bertz CT molecular complexity index is 874. The molecule has 4 heterocycles. The Balaban J connectivity index is 0.000000300. The summed E-state index contributed by atoms with van der Waals surface area (Å²) < 4.78 is 2.24. The number of H-pyrrole nitrogens is 1. The number of rotatable bonds is 2. The van der Waals surface area contributed by atoms with E-state index in [1.165, 1.54) is 12.1 Å². The van der Waals surface area contributed by atoms with E-state index in [-0.39, 0.29) is 6.42 Å². The quantitative estimate of drug-likeness (QED) is 0.703. The first kappa shape index (κ1) is 16.1. The zero-order valence-electron chi connectivity index (χ0n) is 13.6. The van der Waals surface area contributed by atoms with Gasteiger partial charge in [0.2, 0.25) is 0 Å². The molecule has 0 unspecified atom stereocenters. The van der Waals surface area contributed by atoms with E-state index in [2.05, 4.69) is 37.7 Å². The van der Waals surface area contributed by atoms with Gasteiger partial charge < -0.3 is 15.1 Å². The number of aromatic nitrogens is 4. The maximum atomic E-state index is 9.18. The molecule has 0 radical (unpaired) electrons. The van der Waals surface area contributed by atoms with Crippen LogP contribution in [0.25, 0.3) is 16.8 Å². The second-order valence-electron chi connectivity index (χ2n) is 5.95. The highest BCUT2D eigenvalue weighted by Gasteiger charge is 2.26. The fourth-order valence-corrected chi connectivity index (χ4v) is 3.18. The van der Waals surface area contributed by atoms with Crippen molar-refractivity contribution >= 4 is 23.1 Å². The number of hydrogen-bond acceptors (Lipinski definition) is 5. The smallest absolute Gasteiger partial charge is 0.156 e. The minimum Gasteiger partial charge on any atom is -0.345 e. The number of hydrogen-bond donors (Lipinski definition) is 2. The first-order valence-electron chi connectivity index (χ1n) is 8.07. The van der Waals surface area contributed by atoms with Crippen LogP contribution in [0.1, 0.15) is 31.4 Å². The molecule has 1 saturated heterocycles. The van der Waals surface area contributed by atoms with E-state index < -0.39 is 0 Å². The van der Waals surface area contributed by atoms with Gasteiger partial charge in [0.05, 0.1) is 24.2 Å². The molecule has 0 aromatic carbocycles. The van der Waals surface area contributed by atoms with Gasteiger partial charge in [-0.2, -0.15) is 5.26 Å². The summed E-state index contributed by atoms with van der Waals surface area (Å²) in [6, 6.07) is 3.72. The number of carbonyl (C=O) groups excluding carboxylic acids is 1. The van der Waals surface area contributed by atoms with Gasteiger partial charge in [-0.15, -0.1) is 0 Å². The summed E-state index contributed by atoms with van der Waals surface area (Å²) in [6.45, 7) is 4.49. The molecule has 1 fully saturated rings. The average molecular weight is 324 g/mol. The Hall–Kier alpha value is -2.72. The Morgan fingerprint density at radius 2 is 2.33 bits per heavy atom. The van der Waals surface area contributed by atoms with Gasteiger partial charge in [-0.05, 0) is 24.9 Å². The normalized spacial score (nSPS) is 20.3. The summed E-state index contributed by atoms with van der Waals surface area (Å²) in [5.74, 6) is 1.20. The third-order valence-corrected chi connectivity index (χ3v) is 4.45. The van der Waals surface area contributed by atoms with Gasteiger partial charge in [-0.3, -0.25) is 4.40 Å². The van der Waals surface area contributed by atoms with Crippen molar-refractivity contribution in [2.24, 2.45) is 5.92 Å². The first-order chi connectivity index (χ1) is 11.8. The monoisotopic (exact) mass is 324 g/mol. The number of aldehydes is 1. The molecule has 7 nitrogen and oxygen atoms in total. The van der Waals surface area contributed by atoms with Gasteiger partial charge >= 0.3 is 0 Å². The molecule has 4 rings (SSSR count). The van der Waals surface area contributed by atoms with Gasteiger partial charge in [0.1, 0.15) is 6.29 Å². The highest BCUT2D eigenvalue weighted by Crippen LogP contribution is 2.30. The predicted octanol–water partition coefficient (Wildman–Crippen LogP) is 2.02. The van der Waals surface area contributed by atoms with E-state index in [1.54, 1.807) is 6.07 Å². The van der Waals surface area contributed by atoms with Gasteiger partial charge in [0, 0.05) is 30.6 Å². The van der Waals surface area contributed by atoms with Gasteiger partial charge in [-0.25, -0.2) is 9.97 Å². The maximum absolute atomic E-state index is 9.18. The van der Waals surface area contributed by atoms with Crippen molar-refractivity contribution in [3.63, 3.8) is 0 Å². The molecule has 24 heavy (non-hydrogen) atoms. The van der Waals surface area contributed by atoms with E-state index >= 15 is 0 Å². The fraction of sp³-hybridized carbons (Fsp3) is 0.412. The first-order valence-corrected chi connectivity index (χ1v) is 8.07. The van der Waals surface area contributed by atoms with Crippen LogP contribution in [-0.4, -0.2) is 38.7 Å². The van der Waals surface area contributed by atoms with Crippen molar-refractivity contribution in [2.75, 3.05) is 13.1 Å². The Kier molecular flexibility index (Phi) is 4.87. The molecule has 2 N–H and O–H groups in total. The van der Waals surface area contributed by atoms with Crippen molar-refractivity contribution < 1.29 is 4.79 Å². The largest absolute Gasteiger partial charge is 0.345 e. The summed E-state index contributed by atoms with van der Waals surface area (Å²) in [7, 11) is 0. The van der Waals surface area contributed by atoms with Gasteiger partial charge in [0.25, 0.3) is 0 Å². The Morgan fingerprint density at radius 3 is 3.04 bits per heavy atom. The molecular weight excluding hydrogens is 304 g/mol. The van der Waals surface area contributed by atoms with Crippen molar-refractivity contribution in [3.8, 4) is 6.07 Å². The highest BCUT2D eigenvalue weighted by atomic mass is 16.1. The molecule has 3 aromatic heterocycles.